The maximum absolute atomic E-state index is 9.38. The van der Waals surface area contributed by atoms with Crippen molar-refractivity contribution in [2.75, 3.05) is 5.73 Å². The largest absolute Gasteiger partial charge is 0.398 e. The van der Waals surface area contributed by atoms with Crippen LogP contribution >= 0.6 is 0 Å². The van der Waals surface area contributed by atoms with Gasteiger partial charge in [-0.05, 0) is 29.2 Å². The van der Waals surface area contributed by atoms with Gasteiger partial charge in [0.05, 0.1) is 12.0 Å². The Balaban J connectivity index is 2.40. The number of rotatable bonds is 3. The molecule has 0 amide bonds. The Morgan fingerprint density at radius 3 is 2.33 bits per heavy atom. The fourth-order valence-corrected chi connectivity index (χ4v) is 2.04. The molecule has 2 rings (SSSR count). The fourth-order valence-electron chi connectivity index (χ4n) is 2.04. The third kappa shape index (κ3) is 2.36. The number of hydrogen-bond acceptors (Lipinski definition) is 2. The van der Waals surface area contributed by atoms with Crippen LogP contribution in [0.25, 0.3) is 0 Å². The van der Waals surface area contributed by atoms with Crippen LogP contribution in [0, 0.1) is 11.3 Å². The molecule has 0 saturated heterocycles. The van der Waals surface area contributed by atoms with Crippen molar-refractivity contribution in [2.45, 2.75) is 19.3 Å². The first kappa shape index (κ1) is 12.2. The summed E-state index contributed by atoms with van der Waals surface area (Å²) >= 11 is 0. The molecule has 2 N–H and O–H groups in total. The average molecular weight is 236 g/mol. The molecule has 1 unspecified atom stereocenters. The fraction of sp³-hybridized carbons (Fsp3) is 0.188. The molecular formula is C16H16N2. The maximum Gasteiger partial charge on any atom is 0.0982 e. The van der Waals surface area contributed by atoms with Gasteiger partial charge >= 0.3 is 0 Å². The van der Waals surface area contributed by atoms with E-state index in [1.165, 1.54) is 5.56 Å². The lowest BCUT2D eigenvalue weighted by Gasteiger charge is -2.12. The van der Waals surface area contributed by atoms with Crippen LogP contribution in [-0.2, 0) is 6.42 Å². The van der Waals surface area contributed by atoms with Gasteiger partial charge in [-0.25, -0.2) is 0 Å². The number of hydrogen-bond donors (Lipinski definition) is 1. The van der Waals surface area contributed by atoms with E-state index in [0.29, 0.717) is 5.69 Å². The second-order valence-corrected chi connectivity index (χ2v) is 4.29. The van der Waals surface area contributed by atoms with Gasteiger partial charge < -0.3 is 5.73 Å². The average Bonchev–Trinajstić information content (AvgIpc) is 2.42. The number of aryl methyl sites for hydroxylation is 1. The molecule has 1 atom stereocenters. The highest BCUT2D eigenvalue weighted by Crippen LogP contribution is 2.28. The molecule has 0 bridgehead atoms. The van der Waals surface area contributed by atoms with Gasteiger partial charge in [0, 0.05) is 5.69 Å². The van der Waals surface area contributed by atoms with Crippen molar-refractivity contribution >= 4 is 5.69 Å². The Bertz CT molecular complexity index is 564. The molecule has 0 aromatic heterocycles. The third-order valence-electron chi connectivity index (χ3n) is 3.16. The van der Waals surface area contributed by atoms with Crippen LogP contribution in [0.1, 0.15) is 29.5 Å². The molecular weight excluding hydrogens is 220 g/mol. The molecule has 0 aliphatic heterocycles. The molecule has 18 heavy (non-hydrogen) atoms. The molecule has 2 aromatic carbocycles. The third-order valence-corrected chi connectivity index (χ3v) is 3.16. The second kappa shape index (κ2) is 5.37. The smallest absolute Gasteiger partial charge is 0.0982 e. The van der Waals surface area contributed by atoms with E-state index in [2.05, 4.69) is 25.1 Å². The van der Waals surface area contributed by atoms with Gasteiger partial charge in [0.15, 0.2) is 0 Å². The van der Waals surface area contributed by atoms with Crippen molar-refractivity contribution in [3.05, 3.63) is 65.2 Å². The molecule has 2 nitrogen and oxygen atoms in total. The van der Waals surface area contributed by atoms with Gasteiger partial charge in [0.25, 0.3) is 0 Å². The first-order chi connectivity index (χ1) is 8.76. The van der Waals surface area contributed by atoms with Crippen molar-refractivity contribution in [3.63, 3.8) is 0 Å². The first-order valence-corrected chi connectivity index (χ1v) is 6.09. The summed E-state index contributed by atoms with van der Waals surface area (Å²) in [5.74, 6) is -0.294. The van der Waals surface area contributed by atoms with Gasteiger partial charge in [-0.1, -0.05) is 49.4 Å². The number of nitrogens with two attached hydrogens (primary N) is 1. The van der Waals surface area contributed by atoms with E-state index in [0.717, 1.165) is 17.5 Å². The van der Waals surface area contributed by atoms with Crippen LogP contribution in [-0.4, -0.2) is 0 Å². The number of nitrogens with zero attached hydrogens (tertiary/aromatic N) is 1. The minimum absolute atomic E-state index is 0.294. The van der Waals surface area contributed by atoms with Gasteiger partial charge in [-0.15, -0.1) is 0 Å². The second-order valence-electron chi connectivity index (χ2n) is 4.29. The quantitative estimate of drug-likeness (QED) is 0.829. The maximum atomic E-state index is 9.38. The van der Waals surface area contributed by atoms with E-state index < -0.39 is 0 Å². The minimum Gasteiger partial charge on any atom is -0.398 e. The SMILES string of the molecule is CCc1ccc(C(C#N)c2ccccc2N)cc1. The summed E-state index contributed by atoms with van der Waals surface area (Å²) in [5.41, 5.74) is 9.76. The van der Waals surface area contributed by atoms with E-state index in [4.69, 9.17) is 5.73 Å². The van der Waals surface area contributed by atoms with Gasteiger partial charge in [-0.2, -0.15) is 5.26 Å². The number of benzene rings is 2. The normalized spacial score (nSPS) is 11.8. The van der Waals surface area contributed by atoms with Gasteiger partial charge in [0.1, 0.15) is 0 Å². The highest BCUT2D eigenvalue weighted by molar-refractivity contribution is 5.54. The topological polar surface area (TPSA) is 49.8 Å². The molecule has 0 saturated carbocycles. The summed E-state index contributed by atoms with van der Waals surface area (Å²) in [7, 11) is 0. The zero-order valence-corrected chi connectivity index (χ0v) is 10.4. The molecule has 2 heteroatoms. The lowest BCUT2D eigenvalue weighted by molar-refractivity contribution is 1.03. The highest BCUT2D eigenvalue weighted by atomic mass is 14.6. The Morgan fingerprint density at radius 2 is 1.78 bits per heavy atom. The van der Waals surface area contributed by atoms with Gasteiger partial charge in [0.2, 0.25) is 0 Å². The summed E-state index contributed by atoms with van der Waals surface area (Å²) in [4.78, 5) is 0. The molecule has 0 heterocycles. The number of nitriles is 1. The summed E-state index contributed by atoms with van der Waals surface area (Å²) < 4.78 is 0. The van der Waals surface area contributed by atoms with Crippen molar-refractivity contribution in [3.8, 4) is 6.07 Å². The summed E-state index contributed by atoms with van der Waals surface area (Å²) in [6, 6.07) is 18.0. The van der Waals surface area contributed by atoms with Crippen LogP contribution < -0.4 is 5.73 Å². The van der Waals surface area contributed by atoms with E-state index in [-0.39, 0.29) is 5.92 Å². The van der Waals surface area contributed by atoms with Gasteiger partial charge in [-0.3, -0.25) is 0 Å². The Morgan fingerprint density at radius 1 is 1.11 bits per heavy atom. The van der Waals surface area contributed by atoms with Crippen LogP contribution in [0.4, 0.5) is 5.69 Å². The molecule has 0 aliphatic rings. The summed E-state index contributed by atoms with van der Waals surface area (Å²) in [6.07, 6.45) is 1.00. The predicted octanol–water partition coefficient (Wildman–Crippen LogP) is 3.49. The van der Waals surface area contributed by atoms with Crippen LogP contribution in [0.15, 0.2) is 48.5 Å². The highest BCUT2D eigenvalue weighted by Gasteiger charge is 2.15. The van der Waals surface area contributed by atoms with Crippen LogP contribution in [0.5, 0.6) is 0 Å². The Kier molecular flexibility index (Phi) is 3.64. The van der Waals surface area contributed by atoms with Crippen LogP contribution in [0.2, 0.25) is 0 Å². The number of para-hydroxylation sites is 1. The van der Waals surface area contributed by atoms with E-state index in [1.807, 2.05) is 36.4 Å². The van der Waals surface area contributed by atoms with Crippen molar-refractivity contribution in [1.29, 1.82) is 5.26 Å². The lowest BCUT2D eigenvalue weighted by atomic mass is 9.91. The number of anilines is 1. The lowest BCUT2D eigenvalue weighted by Crippen LogP contribution is -2.02. The summed E-state index contributed by atoms with van der Waals surface area (Å²) in [5, 5.41) is 9.38. The summed E-state index contributed by atoms with van der Waals surface area (Å²) in [6.45, 7) is 2.12. The Labute approximate surface area is 108 Å². The van der Waals surface area contributed by atoms with Crippen molar-refractivity contribution < 1.29 is 0 Å². The van der Waals surface area contributed by atoms with E-state index in [1.54, 1.807) is 0 Å². The van der Waals surface area contributed by atoms with Crippen molar-refractivity contribution in [2.24, 2.45) is 0 Å². The first-order valence-electron chi connectivity index (χ1n) is 6.09. The van der Waals surface area contributed by atoms with Crippen molar-refractivity contribution in [1.82, 2.24) is 0 Å². The standard InChI is InChI=1S/C16H16N2/c1-2-12-7-9-13(10-8-12)15(11-17)14-5-3-4-6-16(14)18/h3-10,15H,2,18H2,1H3. The minimum atomic E-state index is -0.294. The van der Waals surface area contributed by atoms with Crippen LogP contribution in [0.3, 0.4) is 0 Å². The molecule has 0 aliphatic carbocycles. The van der Waals surface area contributed by atoms with E-state index >= 15 is 0 Å². The molecule has 0 spiro atoms. The zero-order chi connectivity index (χ0) is 13.0. The Hall–Kier alpha value is -2.27. The monoisotopic (exact) mass is 236 g/mol. The number of nitrogen functional groups attached to an aromatic ring is 1. The zero-order valence-electron chi connectivity index (χ0n) is 10.4. The molecule has 0 fully saturated rings. The molecule has 2 aromatic rings. The molecule has 90 valence electrons. The van der Waals surface area contributed by atoms with E-state index in [9.17, 15) is 5.26 Å². The predicted molar refractivity (Wildman–Crippen MR) is 74.1 cm³/mol. The molecule has 0 radical (unpaired) electrons.